The summed E-state index contributed by atoms with van der Waals surface area (Å²) in [5.74, 6) is 0.829. The Labute approximate surface area is 161 Å². The molecule has 0 bridgehead atoms. The Morgan fingerprint density at radius 1 is 1.22 bits per heavy atom. The van der Waals surface area contributed by atoms with Gasteiger partial charge in [0.1, 0.15) is 0 Å². The Kier molecular flexibility index (Phi) is 4.73. The van der Waals surface area contributed by atoms with E-state index in [1.807, 2.05) is 66.7 Å². The SMILES string of the molecule is COc1cc2ccnc3c2c(c1OC(=O)CSc1ccccc1)N(C)C=C3. The predicted molar refractivity (Wildman–Crippen MR) is 109 cm³/mol. The van der Waals surface area contributed by atoms with E-state index in [1.54, 1.807) is 13.3 Å². The van der Waals surface area contributed by atoms with Gasteiger partial charge in [-0.2, -0.15) is 0 Å². The number of anilines is 1. The average Bonchev–Trinajstić information content (AvgIpc) is 2.70. The van der Waals surface area contributed by atoms with Crippen molar-refractivity contribution in [3.8, 4) is 11.5 Å². The van der Waals surface area contributed by atoms with Crippen molar-refractivity contribution < 1.29 is 14.3 Å². The van der Waals surface area contributed by atoms with Gasteiger partial charge < -0.3 is 14.4 Å². The van der Waals surface area contributed by atoms with Crippen molar-refractivity contribution in [2.45, 2.75) is 4.90 Å². The molecule has 0 aliphatic carbocycles. The van der Waals surface area contributed by atoms with E-state index >= 15 is 0 Å². The molecule has 1 aliphatic rings. The van der Waals surface area contributed by atoms with Gasteiger partial charge in [0.05, 0.1) is 24.2 Å². The lowest BCUT2D eigenvalue weighted by Crippen LogP contribution is -2.18. The number of aromatic nitrogens is 1. The molecule has 2 aromatic carbocycles. The summed E-state index contributed by atoms with van der Waals surface area (Å²) in [7, 11) is 3.49. The molecule has 1 aromatic heterocycles. The number of rotatable bonds is 5. The third kappa shape index (κ3) is 3.36. The fraction of sp³-hybridized carbons (Fsp3) is 0.143. The number of benzene rings is 2. The predicted octanol–water partition coefficient (Wildman–Crippen LogP) is 4.36. The van der Waals surface area contributed by atoms with Crippen LogP contribution in [0, 0.1) is 0 Å². The van der Waals surface area contributed by atoms with Gasteiger partial charge in [-0.05, 0) is 35.7 Å². The third-order valence-corrected chi connectivity index (χ3v) is 5.30. The molecule has 136 valence electrons. The molecule has 0 spiro atoms. The van der Waals surface area contributed by atoms with Crippen LogP contribution >= 0.6 is 11.8 Å². The standard InChI is InChI=1S/C21H18N2O3S/c1-23-11-9-16-19-14(8-10-22-16)12-17(25-2)21(20(19)23)26-18(24)13-27-15-6-4-3-5-7-15/h3-12H,13H2,1-2H3. The van der Waals surface area contributed by atoms with E-state index in [0.29, 0.717) is 11.5 Å². The smallest absolute Gasteiger partial charge is 0.321 e. The van der Waals surface area contributed by atoms with Gasteiger partial charge in [0, 0.05) is 29.7 Å². The zero-order chi connectivity index (χ0) is 18.8. The van der Waals surface area contributed by atoms with Crippen molar-refractivity contribution in [3.05, 3.63) is 60.6 Å². The Bertz CT molecular complexity index is 1030. The molecule has 2 heterocycles. The number of thioether (sulfide) groups is 1. The molecule has 5 nitrogen and oxygen atoms in total. The van der Waals surface area contributed by atoms with Gasteiger partial charge in [0.25, 0.3) is 0 Å². The van der Waals surface area contributed by atoms with Gasteiger partial charge in [0.2, 0.25) is 0 Å². The molecule has 0 radical (unpaired) electrons. The second-order valence-corrected chi connectivity index (χ2v) is 7.10. The van der Waals surface area contributed by atoms with Crippen molar-refractivity contribution in [2.75, 3.05) is 24.8 Å². The van der Waals surface area contributed by atoms with Crippen LogP contribution in [0.15, 0.2) is 59.8 Å². The second-order valence-electron chi connectivity index (χ2n) is 6.05. The molecule has 0 unspecified atom stereocenters. The average molecular weight is 378 g/mol. The van der Waals surface area contributed by atoms with Crippen LogP contribution in [-0.4, -0.2) is 30.9 Å². The number of pyridine rings is 1. The van der Waals surface area contributed by atoms with Gasteiger partial charge in [0.15, 0.2) is 11.5 Å². The minimum absolute atomic E-state index is 0.212. The summed E-state index contributed by atoms with van der Waals surface area (Å²) in [6.07, 6.45) is 5.61. The van der Waals surface area contributed by atoms with Gasteiger partial charge >= 0.3 is 5.97 Å². The minimum atomic E-state index is -0.328. The van der Waals surface area contributed by atoms with E-state index < -0.39 is 0 Å². The first-order valence-corrected chi connectivity index (χ1v) is 9.45. The maximum atomic E-state index is 12.5. The molecule has 0 atom stereocenters. The molecular formula is C21H18N2O3S. The second kappa shape index (κ2) is 7.32. The van der Waals surface area contributed by atoms with Crippen LogP contribution in [-0.2, 0) is 4.79 Å². The zero-order valence-corrected chi connectivity index (χ0v) is 15.8. The lowest BCUT2D eigenvalue weighted by Gasteiger charge is -2.25. The highest BCUT2D eigenvalue weighted by molar-refractivity contribution is 8.00. The summed E-state index contributed by atoms with van der Waals surface area (Å²) in [5.41, 5.74) is 1.63. The normalized spacial score (nSPS) is 12.3. The van der Waals surface area contributed by atoms with Crippen molar-refractivity contribution in [3.63, 3.8) is 0 Å². The highest BCUT2D eigenvalue weighted by Crippen LogP contribution is 2.46. The summed E-state index contributed by atoms with van der Waals surface area (Å²) in [6, 6.07) is 13.6. The summed E-state index contributed by atoms with van der Waals surface area (Å²) in [4.78, 5) is 19.9. The van der Waals surface area contributed by atoms with Gasteiger partial charge in [-0.3, -0.25) is 9.78 Å². The number of carbonyl (C=O) groups excluding carboxylic acids is 1. The van der Waals surface area contributed by atoms with Crippen LogP contribution in [0.25, 0.3) is 16.8 Å². The minimum Gasteiger partial charge on any atom is -0.493 e. The Morgan fingerprint density at radius 3 is 2.81 bits per heavy atom. The van der Waals surface area contributed by atoms with E-state index in [9.17, 15) is 4.79 Å². The van der Waals surface area contributed by atoms with Crippen molar-refractivity contribution in [1.29, 1.82) is 0 Å². The number of nitrogens with zero attached hydrogens (tertiary/aromatic N) is 2. The lowest BCUT2D eigenvalue weighted by atomic mass is 10.0. The van der Waals surface area contributed by atoms with Crippen LogP contribution in [0.3, 0.4) is 0 Å². The first-order valence-electron chi connectivity index (χ1n) is 8.46. The number of methoxy groups -OCH3 is 1. The number of ether oxygens (including phenoxy) is 2. The third-order valence-electron chi connectivity index (χ3n) is 4.32. The highest BCUT2D eigenvalue weighted by Gasteiger charge is 2.24. The van der Waals surface area contributed by atoms with Crippen LogP contribution in [0.5, 0.6) is 11.5 Å². The summed E-state index contributed by atoms with van der Waals surface area (Å²) < 4.78 is 11.3. The summed E-state index contributed by atoms with van der Waals surface area (Å²) in [5, 5.41) is 1.93. The van der Waals surface area contributed by atoms with Crippen LogP contribution < -0.4 is 14.4 Å². The topological polar surface area (TPSA) is 51.7 Å². The van der Waals surface area contributed by atoms with Gasteiger partial charge in [-0.25, -0.2) is 0 Å². The lowest BCUT2D eigenvalue weighted by molar-refractivity contribution is -0.131. The van der Waals surface area contributed by atoms with Crippen LogP contribution in [0.4, 0.5) is 5.69 Å². The monoisotopic (exact) mass is 378 g/mol. The number of hydrogen-bond acceptors (Lipinski definition) is 6. The van der Waals surface area contributed by atoms with Crippen molar-refractivity contribution in [2.24, 2.45) is 0 Å². The number of carbonyl (C=O) groups is 1. The molecule has 0 fully saturated rings. The maximum absolute atomic E-state index is 12.5. The molecule has 0 amide bonds. The highest BCUT2D eigenvalue weighted by atomic mass is 32.2. The number of esters is 1. The van der Waals surface area contributed by atoms with E-state index in [1.165, 1.54) is 11.8 Å². The molecule has 0 N–H and O–H groups in total. The Hall–Kier alpha value is -2.99. The largest absolute Gasteiger partial charge is 0.493 e. The van der Waals surface area contributed by atoms with E-state index in [0.717, 1.165) is 27.0 Å². The number of hydrogen-bond donors (Lipinski definition) is 0. The van der Waals surface area contributed by atoms with E-state index in [2.05, 4.69) is 4.98 Å². The molecule has 3 aromatic rings. The Balaban J connectivity index is 1.68. The molecule has 0 saturated heterocycles. The Morgan fingerprint density at radius 2 is 2.04 bits per heavy atom. The molecule has 27 heavy (non-hydrogen) atoms. The van der Waals surface area contributed by atoms with Gasteiger partial charge in [-0.1, -0.05) is 18.2 Å². The van der Waals surface area contributed by atoms with Crippen molar-refractivity contribution >= 4 is 40.3 Å². The van der Waals surface area contributed by atoms with E-state index in [4.69, 9.17) is 9.47 Å². The molecule has 0 saturated carbocycles. The first-order chi connectivity index (χ1) is 13.2. The quantitative estimate of drug-likeness (QED) is 0.373. The van der Waals surface area contributed by atoms with E-state index in [-0.39, 0.29) is 11.7 Å². The fourth-order valence-corrected chi connectivity index (χ4v) is 3.77. The molecular weight excluding hydrogens is 360 g/mol. The van der Waals surface area contributed by atoms with Crippen LogP contribution in [0.1, 0.15) is 5.69 Å². The summed E-state index contributed by atoms with van der Waals surface area (Å²) in [6.45, 7) is 0. The molecule has 1 aliphatic heterocycles. The van der Waals surface area contributed by atoms with Gasteiger partial charge in [-0.15, -0.1) is 11.8 Å². The molecule has 4 rings (SSSR count). The maximum Gasteiger partial charge on any atom is 0.321 e. The summed E-state index contributed by atoms with van der Waals surface area (Å²) >= 11 is 1.44. The fourth-order valence-electron chi connectivity index (χ4n) is 3.08. The molecule has 6 heteroatoms. The van der Waals surface area contributed by atoms with Crippen LogP contribution in [0.2, 0.25) is 0 Å². The zero-order valence-electron chi connectivity index (χ0n) is 15.0. The first kappa shape index (κ1) is 17.4. The van der Waals surface area contributed by atoms with Crippen molar-refractivity contribution in [1.82, 2.24) is 4.98 Å².